The monoisotopic (exact) mass is 177 g/mol. The molecule has 1 unspecified atom stereocenters. The lowest BCUT2D eigenvalue weighted by atomic mass is 10.4. The third-order valence-corrected chi connectivity index (χ3v) is 2.00. The molecule has 0 aliphatic rings. The number of nitrogens with zero attached hydrogens (tertiary/aromatic N) is 1. The molecule has 0 saturated carbocycles. The van der Waals surface area contributed by atoms with Crippen LogP contribution < -0.4 is 10.5 Å². The van der Waals surface area contributed by atoms with Crippen molar-refractivity contribution in [2.24, 2.45) is 5.73 Å². The summed E-state index contributed by atoms with van der Waals surface area (Å²) in [6.45, 7) is 1.85. The Hall–Kier alpha value is -0.640. The molecule has 0 spiro atoms. The highest BCUT2D eigenvalue weighted by atomic mass is 32.2. The Labute approximate surface area is 66.2 Å². The summed E-state index contributed by atoms with van der Waals surface area (Å²) in [5.74, 6) is -0.514. The third kappa shape index (κ3) is 5.79. The molecule has 0 radical (unpaired) electrons. The van der Waals surface area contributed by atoms with Crippen molar-refractivity contribution >= 4 is 10.0 Å². The van der Waals surface area contributed by atoms with E-state index in [1.807, 2.05) is 0 Å². The minimum Gasteiger partial charge on any atom is -0.327 e. The Morgan fingerprint density at radius 3 is 2.64 bits per heavy atom. The van der Waals surface area contributed by atoms with Crippen LogP contribution in [0.4, 0.5) is 0 Å². The Balaban J connectivity index is 3.87. The lowest BCUT2D eigenvalue weighted by Gasteiger charge is -2.05. The number of hydrogen-bond donors (Lipinski definition) is 2. The molecule has 1 atom stereocenters. The minimum absolute atomic E-state index is 0.171. The van der Waals surface area contributed by atoms with Gasteiger partial charge in [-0.15, -0.1) is 0 Å². The van der Waals surface area contributed by atoms with Crippen LogP contribution in [0.5, 0.6) is 0 Å². The molecule has 0 fully saturated rings. The molecule has 0 aliphatic carbocycles. The summed E-state index contributed by atoms with van der Waals surface area (Å²) in [7, 11) is -3.42. The van der Waals surface area contributed by atoms with Crippen LogP contribution in [-0.2, 0) is 10.0 Å². The Morgan fingerprint density at radius 1 is 1.73 bits per heavy atom. The molecule has 0 aromatic carbocycles. The van der Waals surface area contributed by atoms with Gasteiger partial charge in [-0.2, -0.15) is 5.26 Å². The highest BCUT2D eigenvalue weighted by molar-refractivity contribution is 7.89. The first-order valence-corrected chi connectivity index (χ1v) is 4.73. The van der Waals surface area contributed by atoms with Gasteiger partial charge in [0, 0.05) is 12.6 Å². The van der Waals surface area contributed by atoms with E-state index in [2.05, 4.69) is 4.72 Å². The molecule has 64 valence electrons. The van der Waals surface area contributed by atoms with Gasteiger partial charge in [-0.1, -0.05) is 0 Å². The van der Waals surface area contributed by atoms with Crippen LogP contribution in [0.25, 0.3) is 0 Å². The largest absolute Gasteiger partial charge is 0.327 e. The quantitative estimate of drug-likeness (QED) is 0.562. The molecule has 0 heterocycles. The number of nitrogens with two attached hydrogens (primary N) is 1. The molecule has 11 heavy (non-hydrogen) atoms. The van der Waals surface area contributed by atoms with Crippen LogP contribution in [0.2, 0.25) is 0 Å². The normalized spacial score (nSPS) is 13.9. The number of nitrogens with one attached hydrogen (secondary N) is 1. The molecule has 0 aromatic heterocycles. The standard InChI is InChI=1S/C5H11N3O2S/c1-5(7)4-8-11(9,10)3-2-6/h5,8H,3-4,7H2,1H3. The summed E-state index contributed by atoms with van der Waals surface area (Å²) in [5.41, 5.74) is 5.29. The topological polar surface area (TPSA) is 96.0 Å². The molecule has 6 heteroatoms. The lowest BCUT2D eigenvalue weighted by molar-refractivity contribution is 0.577. The maximum absolute atomic E-state index is 10.7. The second kappa shape index (κ2) is 4.28. The van der Waals surface area contributed by atoms with Crippen LogP contribution in [0.3, 0.4) is 0 Å². The first kappa shape index (κ1) is 10.4. The molecule has 0 aliphatic heterocycles. The number of sulfonamides is 1. The first-order valence-electron chi connectivity index (χ1n) is 3.08. The SMILES string of the molecule is CC(N)CNS(=O)(=O)CC#N. The van der Waals surface area contributed by atoms with Crippen LogP contribution >= 0.6 is 0 Å². The minimum atomic E-state index is -3.42. The molecule has 5 nitrogen and oxygen atoms in total. The van der Waals surface area contributed by atoms with Crippen molar-refractivity contribution in [2.45, 2.75) is 13.0 Å². The average Bonchev–Trinajstić information content (AvgIpc) is 1.84. The summed E-state index contributed by atoms with van der Waals surface area (Å²) < 4.78 is 23.7. The zero-order chi connectivity index (χ0) is 8.91. The van der Waals surface area contributed by atoms with Crippen LogP contribution in [0.15, 0.2) is 0 Å². The Morgan fingerprint density at radius 2 is 2.27 bits per heavy atom. The van der Waals surface area contributed by atoms with Crippen LogP contribution in [0.1, 0.15) is 6.92 Å². The van der Waals surface area contributed by atoms with E-state index in [0.29, 0.717) is 0 Å². The lowest BCUT2D eigenvalue weighted by Crippen LogP contribution is -2.36. The molecular weight excluding hydrogens is 166 g/mol. The van der Waals surface area contributed by atoms with E-state index in [4.69, 9.17) is 11.0 Å². The zero-order valence-electron chi connectivity index (χ0n) is 6.24. The van der Waals surface area contributed by atoms with Crippen molar-refractivity contribution in [1.82, 2.24) is 4.72 Å². The van der Waals surface area contributed by atoms with Gasteiger partial charge in [-0.25, -0.2) is 13.1 Å². The van der Waals surface area contributed by atoms with Crippen molar-refractivity contribution in [3.05, 3.63) is 0 Å². The molecule has 0 bridgehead atoms. The van der Waals surface area contributed by atoms with Crippen molar-refractivity contribution < 1.29 is 8.42 Å². The van der Waals surface area contributed by atoms with Crippen molar-refractivity contribution in [3.63, 3.8) is 0 Å². The van der Waals surface area contributed by atoms with Gasteiger partial charge in [-0.05, 0) is 6.92 Å². The van der Waals surface area contributed by atoms with Crippen molar-refractivity contribution in [1.29, 1.82) is 5.26 Å². The first-order chi connectivity index (χ1) is 4.98. The predicted octanol–water partition coefficient (Wildman–Crippen LogP) is -1.22. The van der Waals surface area contributed by atoms with Gasteiger partial charge >= 0.3 is 0 Å². The Bertz CT molecular complexity index is 239. The van der Waals surface area contributed by atoms with Crippen molar-refractivity contribution in [2.75, 3.05) is 12.3 Å². The van der Waals surface area contributed by atoms with Gasteiger partial charge in [0.25, 0.3) is 0 Å². The summed E-state index contributed by atoms with van der Waals surface area (Å²) in [5, 5.41) is 8.07. The molecule has 0 aromatic rings. The summed E-state index contributed by atoms with van der Waals surface area (Å²) in [4.78, 5) is 0. The highest BCUT2D eigenvalue weighted by Gasteiger charge is 2.08. The maximum Gasteiger partial charge on any atom is 0.225 e. The third-order valence-electron chi connectivity index (χ3n) is 0.880. The van der Waals surface area contributed by atoms with E-state index >= 15 is 0 Å². The zero-order valence-corrected chi connectivity index (χ0v) is 7.06. The van der Waals surface area contributed by atoms with Crippen LogP contribution in [-0.4, -0.2) is 26.8 Å². The molecule has 3 N–H and O–H groups in total. The second-order valence-electron chi connectivity index (χ2n) is 2.24. The van der Waals surface area contributed by atoms with Gasteiger partial charge in [-0.3, -0.25) is 0 Å². The average molecular weight is 177 g/mol. The smallest absolute Gasteiger partial charge is 0.225 e. The van der Waals surface area contributed by atoms with E-state index in [1.165, 1.54) is 0 Å². The van der Waals surface area contributed by atoms with Gasteiger partial charge in [0.15, 0.2) is 5.75 Å². The highest BCUT2D eigenvalue weighted by Crippen LogP contribution is 1.82. The molecule has 0 amide bonds. The number of nitriles is 1. The maximum atomic E-state index is 10.7. The van der Waals surface area contributed by atoms with Crippen molar-refractivity contribution in [3.8, 4) is 6.07 Å². The molecule has 0 rings (SSSR count). The van der Waals surface area contributed by atoms with E-state index in [1.54, 1.807) is 13.0 Å². The van der Waals surface area contributed by atoms with E-state index in [0.717, 1.165) is 0 Å². The van der Waals surface area contributed by atoms with Gasteiger partial charge in [0.05, 0.1) is 6.07 Å². The second-order valence-corrected chi connectivity index (χ2v) is 4.05. The molecule has 0 saturated heterocycles. The summed E-state index contributed by atoms with van der Waals surface area (Å²) in [6, 6.07) is 1.31. The predicted molar refractivity (Wildman–Crippen MR) is 41.1 cm³/mol. The van der Waals surface area contributed by atoms with Gasteiger partial charge < -0.3 is 5.73 Å². The summed E-state index contributed by atoms with van der Waals surface area (Å²) in [6.07, 6.45) is 0. The fourth-order valence-corrected chi connectivity index (χ4v) is 1.18. The Kier molecular flexibility index (Phi) is 4.03. The number of rotatable bonds is 4. The molecular formula is C5H11N3O2S. The van der Waals surface area contributed by atoms with Crippen LogP contribution in [0, 0.1) is 11.3 Å². The van der Waals surface area contributed by atoms with E-state index < -0.39 is 15.8 Å². The number of hydrogen-bond acceptors (Lipinski definition) is 4. The van der Waals surface area contributed by atoms with Gasteiger partial charge in [0.1, 0.15) is 0 Å². The summed E-state index contributed by atoms with van der Waals surface area (Å²) >= 11 is 0. The van der Waals surface area contributed by atoms with E-state index in [-0.39, 0.29) is 12.6 Å². The fraction of sp³-hybridized carbons (Fsp3) is 0.800. The van der Waals surface area contributed by atoms with E-state index in [9.17, 15) is 8.42 Å². The van der Waals surface area contributed by atoms with Gasteiger partial charge in [0.2, 0.25) is 10.0 Å². The fourth-order valence-electron chi connectivity index (χ4n) is 0.394.